The summed E-state index contributed by atoms with van der Waals surface area (Å²) in [5.41, 5.74) is 2.53. The normalized spacial score (nSPS) is 20.0. The number of hydrogen-bond donors (Lipinski definition) is 0. The Hall–Kier alpha value is -1.97. The van der Waals surface area contributed by atoms with Crippen LogP contribution in [0.4, 0.5) is 0 Å². The van der Waals surface area contributed by atoms with Gasteiger partial charge in [0.15, 0.2) is 11.5 Å². The third kappa shape index (κ3) is 17.8. The molecule has 2 aromatic carbocycles. The second kappa shape index (κ2) is 37.1. The number of allylic oxidation sites excluding steroid dienone is 4. The number of unbranched alkanes of at least 4 members (excludes halogenated alkanes) is 2. The largest absolute Gasteiger partial charge is 0.432 e. The first-order valence-electron chi connectivity index (χ1n) is 27.3. The maximum atomic E-state index is 14.4. The van der Waals surface area contributed by atoms with Gasteiger partial charge in [0, 0.05) is 124 Å². The molecule has 4 atom stereocenters. The zero-order valence-corrected chi connectivity index (χ0v) is 61.8. The number of benzene rings is 2. The molecule has 87 heavy (non-hydrogen) atoms. The van der Waals surface area contributed by atoms with Crippen LogP contribution in [0.25, 0.3) is 11.1 Å². The van der Waals surface area contributed by atoms with Gasteiger partial charge in [0.05, 0.1) is 98.5 Å². The topological polar surface area (TPSA) is 179 Å². The van der Waals surface area contributed by atoms with E-state index in [0.717, 1.165) is 96.3 Å². The zero-order chi connectivity index (χ0) is 64.9. The Morgan fingerprint density at radius 1 is 0.460 bits per heavy atom. The first kappa shape index (κ1) is 77.5. The molecule has 2 aliphatic rings. The Balaban J connectivity index is 2.53. The molecule has 0 aromatic heterocycles. The lowest BCUT2D eigenvalue weighted by Gasteiger charge is -2.50. The predicted octanol–water partition coefficient (Wildman–Crippen LogP) is 19.0. The number of carbonyl (C=O) groups excluding carboxylic acids is 4. The number of ether oxygens (including phenoxy) is 4. The van der Waals surface area contributed by atoms with Crippen molar-refractivity contribution in [2.75, 3.05) is 54.9 Å². The second-order valence-corrected chi connectivity index (χ2v) is 29.4. The van der Waals surface area contributed by atoms with Crippen LogP contribution in [0.15, 0.2) is 135 Å². The van der Waals surface area contributed by atoms with Gasteiger partial charge in [-0.2, -0.15) is 0 Å². The van der Waals surface area contributed by atoms with E-state index < -0.39 is 43.2 Å². The third-order valence-electron chi connectivity index (χ3n) is 12.4. The summed E-state index contributed by atoms with van der Waals surface area (Å²) in [6, 6.07) is 3.99. The van der Waals surface area contributed by atoms with Gasteiger partial charge in [0.2, 0.25) is 0 Å². The van der Waals surface area contributed by atoms with Gasteiger partial charge in [-0.1, -0.05) is 89.8 Å². The average Bonchev–Trinajstić information content (AvgIpc) is 0.720. The summed E-state index contributed by atoms with van der Waals surface area (Å²) in [5, 5.41) is 0. The van der Waals surface area contributed by atoms with Crippen molar-refractivity contribution in [2.24, 2.45) is 0 Å². The Labute approximate surface area is 569 Å². The lowest BCUT2D eigenvalue weighted by atomic mass is 9.78. The molecule has 0 radical (unpaired) electrons. The van der Waals surface area contributed by atoms with E-state index in [0.29, 0.717) is 113 Å². The summed E-state index contributed by atoms with van der Waals surface area (Å²) in [5.74, 6) is -3.29. The van der Waals surface area contributed by atoms with E-state index in [9.17, 15) is 19.2 Å². The Bertz CT molecular complexity index is 2810. The summed E-state index contributed by atoms with van der Waals surface area (Å²) in [7, 11) is 5.89. The summed E-state index contributed by atoms with van der Waals surface area (Å²) < 4.78 is 73.1. The van der Waals surface area contributed by atoms with Gasteiger partial charge in [-0.3, -0.25) is 0 Å². The van der Waals surface area contributed by atoms with Crippen LogP contribution in [0.1, 0.15) is 119 Å². The fraction of sp³-hybridized carbons (Fsp3) is 0.467. The van der Waals surface area contributed by atoms with Crippen LogP contribution in [0.5, 0.6) is 0 Å². The first-order chi connectivity index (χ1) is 41.5. The Kier molecular flexibility index (Phi) is 33.0. The lowest BCUT2D eigenvalue weighted by molar-refractivity contribution is -0.152. The summed E-state index contributed by atoms with van der Waals surface area (Å²) in [6.45, 7) is 34.7. The highest BCUT2D eigenvalue weighted by Gasteiger charge is 2.67. The van der Waals surface area contributed by atoms with Crippen LogP contribution in [-0.2, 0) is 71.6 Å². The molecule has 4 rings (SSSR count). The molecule has 4 unspecified atom stereocenters. The van der Waals surface area contributed by atoms with Crippen molar-refractivity contribution in [3.63, 3.8) is 0 Å². The molecule has 0 bridgehead atoms. The molecule has 0 aliphatic heterocycles. The lowest BCUT2D eigenvalue weighted by Crippen LogP contribution is -2.56. The molecule has 2 aliphatic carbocycles. The predicted molar refractivity (Wildman–Crippen MR) is 366 cm³/mol. The number of carbonyl (C=O) groups is 4. The first-order valence-corrected chi connectivity index (χ1v) is 35.7. The van der Waals surface area contributed by atoms with Crippen LogP contribution < -0.4 is 0 Å². The molecule has 480 valence electrons. The molecule has 27 heteroatoms. The molecule has 0 saturated carbocycles. The van der Waals surface area contributed by atoms with Crippen molar-refractivity contribution in [2.45, 2.75) is 156 Å². The smallest absolute Gasteiger partial charge is 0.338 e. The highest BCUT2D eigenvalue weighted by Crippen LogP contribution is 2.67. The van der Waals surface area contributed by atoms with E-state index >= 15 is 0 Å². The fourth-order valence-corrected chi connectivity index (χ4v) is 19.1. The third-order valence-corrected chi connectivity index (χ3v) is 24.1. The van der Waals surface area contributed by atoms with Crippen molar-refractivity contribution in [1.29, 1.82) is 0 Å². The van der Waals surface area contributed by atoms with Crippen LogP contribution >= 0.6 is 140 Å². The summed E-state index contributed by atoms with van der Waals surface area (Å²) in [6.07, 6.45) is 9.68. The number of hydrogen-bond acceptors (Lipinski definition) is 25. The minimum Gasteiger partial charge on any atom is -0.432 e. The van der Waals surface area contributed by atoms with E-state index in [1.807, 2.05) is 65.8 Å². The SMILES string of the molecule is C=C(C)C(=O)OC1=CC=C(c2c(Sc3cc(SOCC)c(SOCC)c(Br)c3C3=CC=C(OC(=O)C(=C)C)C(OC(=O)C(=C)C)(SOC)C3(CCCC)SOC)cc(SOCC)c(SOCC)c2Br)C(CCCC)(SOC)C1(OC(=O)C(=C)C)SOC. The van der Waals surface area contributed by atoms with Gasteiger partial charge in [-0.25, -0.2) is 19.2 Å². The van der Waals surface area contributed by atoms with Crippen molar-refractivity contribution in [3.8, 4) is 0 Å². The number of halogens is 2. The van der Waals surface area contributed by atoms with E-state index in [2.05, 4.69) is 58.2 Å². The van der Waals surface area contributed by atoms with Crippen molar-refractivity contribution < 1.29 is 71.6 Å². The van der Waals surface area contributed by atoms with Crippen LogP contribution in [0.2, 0.25) is 0 Å². The molecule has 0 saturated heterocycles. The van der Waals surface area contributed by atoms with Gasteiger partial charge >= 0.3 is 23.9 Å². The monoisotopic (exact) mass is 1500 g/mol. The minimum atomic E-state index is -2.03. The minimum absolute atomic E-state index is 0.0615. The molecular weight excluding hydrogens is 1430 g/mol. The molecule has 0 N–H and O–H groups in total. The van der Waals surface area contributed by atoms with Gasteiger partial charge in [-0.15, -0.1) is 0 Å². The van der Waals surface area contributed by atoms with E-state index in [1.165, 1.54) is 67.9 Å². The van der Waals surface area contributed by atoms with Gasteiger partial charge < -0.3 is 52.4 Å². The fourth-order valence-electron chi connectivity index (χ4n) is 8.62. The van der Waals surface area contributed by atoms with Crippen molar-refractivity contribution in [1.82, 2.24) is 0 Å². The maximum absolute atomic E-state index is 14.4. The van der Waals surface area contributed by atoms with Crippen LogP contribution in [0.3, 0.4) is 0 Å². The van der Waals surface area contributed by atoms with Gasteiger partial charge in [-0.05, 0) is 136 Å². The standard InChI is InChI=1S/C60H76Br2O16S9/c1-19-25-31-57(84-67-15)39(27-29-45(75-53(63)35(7)8)59(57,86-69-17)77-55(65)37(11)12)47-41(33-43(80-71-21-3)51(49(47)61)82-73-23-5)79-42-34-44(81-72-22-4)52(83-74-24-6)50(62)48(42)40-28-30-46(76-54(64)36(9)10)60(87-70-18,78-56(66)38(13)14)58(40,85-68-16)32-26-20-2/h27-30,33-34H,7,9,11,13,19-26,31-32H2,1-6,8,10,12,14-18H3. The molecule has 0 amide bonds. The second-order valence-electron chi connectivity index (χ2n) is 18.8. The van der Waals surface area contributed by atoms with Crippen molar-refractivity contribution in [3.05, 3.63) is 117 Å². The number of esters is 4. The molecular formula is C60H76Br2O16S9. The summed E-state index contributed by atoms with van der Waals surface area (Å²) in [4.78, 5) is 56.2. The van der Waals surface area contributed by atoms with E-state index in [4.69, 9.17) is 52.4 Å². The van der Waals surface area contributed by atoms with Crippen LogP contribution in [-0.4, -0.2) is 98.1 Å². The average molecular weight is 1500 g/mol. The molecule has 16 nitrogen and oxygen atoms in total. The maximum Gasteiger partial charge on any atom is 0.338 e. The zero-order valence-electron chi connectivity index (χ0n) is 51.3. The number of rotatable bonds is 38. The summed E-state index contributed by atoms with van der Waals surface area (Å²) >= 11 is 17.9. The molecule has 0 fully saturated rings. The van der Waals surface area contributed by atoms with Crippen LogP contribution in [0, 0.1) is 0 Å². The molecule has 0 spiro atoms. The molecule has 2 aromatic rings. The van der Waals surface area contributed by atoms with Gasteiger partial charge in [0.25, 0.3) is 9.87 Å². The van der Waals surface area contributed by atoms with Gasteiger partial charge in [0.1, 0.15) is 9.49 Å². The Morgan fingerprint density at radius 2 is 0.782 bits per heavy atom. The van der Waals surface area contributed by atoms with E-state index in [1.54, 1.807) is 12.2 Å². The quantitative estimate of drug-likeness (QED) is 0.0203. The van der Waals surface area contributed by atoms with Crippen molar-refractivity contribution >= 4 is 175 Å². The highest BCUT2D eigenvalue weighted by molar-refractivity contribution is 9.11. The van der Waals surface area contributed by atoms with E-state index in [-0.39, 0.29) is 46.7 Å². The Morgan fingerprint density at radius 3 is 1.07 bits per heavy atom. The molecule has 0 heterocycles. The highest BCUT2D eigenvalue weighted by atomic mass is 79.9.